The van der Waals surface area contributed by atoms with Crippen molar-refractivity contribution in [1.29, 1.82) is 0 Å². The van der Waals surface area contributed by atoms with Gasteiger partial charge in [0, 0.05) is 29.9 Å². The van der Waals surface area contributed by atoms with Gasteiger partial charge in [-0.2, -0.15) is 0 Å². The van der Waals surface area contributed by atoms with Gasteiger partial charge in [0.25, 0.3) is 5.91 Å². The molecule has 1 fully saturated rings. The van der Waals surface area contributed by atoms with Crippen LogP contribution in [0.1, 0.15) is 41.7 Å². The SMILES string of the molecule is Cc1c(Cl)cccc1NC(=O)c1cc(N2CCCCCC2)ncn1. The third kappa shape index (κ3) is 3.85. The average Bonchev–Trinajstić information content (AvgIpc) is 2.88. The van der Waals surface area contributed by atoms with Gasteiger partial charge in [0.1, 0.15) is 17.8 Å². The Morgan fingerprint density at radius 3 is 2.67 bits per heavy atom. The van der Waals surface area contributed by atoms with Crippen LogP contribution in [0.5, 0.6) is 0 Å². The highest BCUT2D eigenvalue weighted by Crippen LogP contribution is 2.24. The molecule has 2 heterocycles. The molecule has 1 saturated heterocycles. The zero-order valence-corrected chi connectivity index (χ0v) is 14.5. The molecule has 0 unspecified atom stereocenters. The van der Waals surface area contributed by atoms with Gasteiger partial charge in [0.2, 0.25) is 0 Å². The molecule has 0 bridgehead atoms. The molecule has 24 heavy (non-hydrogen) atoms. The molecule has 6 heteroatoms. The predicted octanol–water partition coefficient (Wildman–Crippen LogP) is 4.07. The first-order chi connectivity index (χ1) is 11.6. The maximum atomic E-state index is 12.5. The Labute approximate surface area is 147 Å². The van der Waals surface area contributed by atoms with E-state index in [1.54, 1.807) is 12.1 Å². The molecule has 0 spiro atoms. The zero-order valence-electron chi connectivity index (χ0n) is 13.8. The molecule has 2 aromatic rings. The van der Waals surface area contributed by atoms with E-state index in [0.717, 1.165) is 37.3 Å². The Morgan fingerprint density at radius 2 is 1.92 bits per heavy atom. The number of anilines is 2. The summed E-state index contributed by atoms with van der Waals surface area (Å²) in [6.45, 7) is 3.83. The monoisotopic (exact) mass is 344 g/mol. The Morgan fingerprint density at radius 1 is 1.17 bits per heavy atom. The van der Waals surface area contributed by atoms with Gasteiger partial charge in [-0.1, -0.05) is 30.5 Å². The topological polar surface area (TPSA) is 58.1 Å². The normalized spacial score (nSPS) is 15.0. The van der Waals surface area contributed by atoms with Crippen molar-refractivity contribution in [1.82, 2.24) is 9.97 Å². The van der Waals surface area contributed by atoms with E-state index in [1.165, 1.54) is 19.2 Å². The van der Waals surface area contributed by atoms with Gasteiger partial charge in [-0.3, -0.25) is 4.79 Å². The number of halogens is 1. The number of rotatable bonds is 3. The average molecular weight is 345 g/mol. The summed E-state index contributed by atoms with van der Waals surface area (Å²) in [4.78, 5) is 23.2. The van der Waals surface area contributed by atoms with E-state index in [0.29, 0.717) is 16.4 Å². The van der Waals surface area contributed by atoms with E-state index < -0.39 is 0 Å². The first-order valence-electron chi connectivity index (χ1n) is 8.28. The Bertz CT molecular complexity index is 727. The van der Waals surface area contributed by atoms with Crippen molar-refractivity contribution >= 4 is 29.0 Å². The number of carbonyl (C=O) groups excluding carboxylic acids is 1. The third-order valence-electron chi connectivity index (χ3n) is 4.33. The molecule has 5 nitrogen and oxygen atoms in total. The van der Waals surface area contributed by atoms with Crippen LogP contribution in [0.4, 0.5) is 11.5 Å². The summed E-state index contributed by atoms with van der Waals surface area (Å²) in [5.74, 6) is 0.568. The molecule has 0 radical (unpaired) electrons. The molecule has 1 aromatic carbocycles. The number of hydrogen-bond acceptors (Lipinski definition) is 4. The van der Waals surface area contributed by atoms with E-state index in [1.807, 2.05) is 19.1 Å². The number of hydrogen-bond donors (Lipinski definition) is 1. The minimum Gasteiger partial charge on any atom is -0.357 e. The Balaban J connectivity index is 1.77. The fraction of sp³-hybridized carbons (Fsp3) is 0.389. The summed E-state index contributed by atoms with van der Waals surface area (Å²) in [5.41, 5.74) is 1.90. The summed E-state index contributed by atoms with van der Waals surface area (Å²) in [5, 5.41) is 3.50. The van der Waals surface area contributed by atoms with Gasteiger partial charge in [0.15, 0.2) is 0 Å². The first kappa shape index (κ1) is 16.7. The predicted molar refractivity (Wildman–Crippen MR) is 96.9 cm³/mol. The number of carbonyl (C=O) groups is 1. The molecule has 1 aromatic heterocycles. The van der Waals surface area contributed by atoms with Crippen molar-refractivity contribution in [3.8, 4) is 0 Å². The van der Waals surface area contributed by atoms with Crippen LogP contribution in [0.3, 0.4) is 0 Å². The van der Waals surface area contributed by atoms with Crippen molar-refractivity contribution in [3.63, 3.8) is 0 Å². The van der Waals surface area contributed by atoms with Crippen LogP contribution >= 0.6 is 11.6 Å². The van der Waals surface area contributed by atoms with Crippen LogP contribution < -0.4 is 10.2 Å². The summed E-state index contributed by atoms with van der Waals surface area (Å²) in [6, 6.07) is 7.21. The minimum atomic E-state index is -0.251. The lowest BCUT2D eigenvalue weighted by atomic mass is 10.2. The number of aromatic nitrogens is 2. The lowest BCUT2D eigenvalue weighted by molar-refractivity contribution is 0.102. The fourth-order valence-corrected chi connectivity index (χ4v) is 3.05. The number of benzene rings is 1. The van der Waals surface area contributed by atoms with Crippen molar-refractivity contribution in [2.24, 2.45) is 0 Å². The fourth-order valence-electron chi connectivity index (χ4n) is 2.87. The van der Waals surface area contributed by atoms with E-state index in [2.05, 4.69) is 20.2 Å². The molecule has 0 atom stereocenters. The molecular formula is C18H21ClN4O. The number of amides is 1. The van der Waals surface area contributed by atoms with Crippen LogP contribution in [0.2, 0.25) is 5.02 Å². The molecular weight excluding hydrogens is 324 g/mol. The van der Waals surface area contributed by atoms with Gasteiger partial charge in [-0.15, -0.1) is 0 Å². The standard InChI is InChI=1S/C18H21ClN4O/c1-13-14(19)7-6-8-15(13)22-18(24)16-11-17(21-12-20-16)23-9-4-2-3-5-10-23/h6-8,11-12H,2-5,9-10H2,1H3,(H,22,24). The van der Waals surface area contributed by atoms with E-state index in [-0.39, 0.29) is 5.91 Å². The molecule has 1 amide bonds. The summed E-state index contributed by atoms with van der Waals surface area (Å²) >= 11 is 6.10. The van der Waals surface area contributed by atoms with E-state index in [4.69, 9.17) is 11.6 Å². The van der Waals surface area contributed by atoms with Gasteiger partial charge in [-0.25, -0.2) is 9.97 Å². The highest BCUT2D eigenvalue weighted by molar-refractivity contribution is 6.31. The molecule has 3 rings (SSSR count). The summed E-state index contributed by atoms with van der Waals surface area (Å²) in [7, 11) is 0. The largest absolute Gasteiger partial charge is 0.357 e. The maximum Gasteiger partial charge on any atom is 0.274 e. The maximum absolute atomic E-state index is 12.5. The molecule has 1 aliphatic heterocycles. The van der Waals surface area contributed by atoms with Crippen LogP contribution in [0.25, 0.3) is 0 Å². The van der Waals surface area contributed by atoms with Gasteiger partial charge in [0.05, 0.1) is 0 Å². The van der Waals surface area contributed by atoms with Crippen LogP contribution in [-0.4, -0.2) is 29.0 Å². The van der Waals surface area contributed by atoms with Crippen molar-refractivity contribution in [2.45, 2.75) is 32.6 Å². The van der Waals surface area contributed by atoms with Crippen LogP contribution in [0, 0.1) is 6.92 Å². The second-order valence-electron chi connectivity index (χ2n) is 6.03. The zero-order chi connectivity index (χ0) is 16.9. The lowest BCUT2D eigenvalue weighted by Gasteiger charge is -2.21. The third-order valence-corrected chi connectivity index (χ3v) is 4.74. The second-order valence-corrected chi connectivity index (χ2v) is 6.44. The number of nitrogens with zero attached hydrogens (tertiary/aromatic N) is 3. The second kappa shape index (κ2) is 7.62. The van der Waals surface area contributed by atoms with Gasteiger partial charge >= 0.3 is 0 Å². The molecule has 126 valence electrons. The highest BCUT2D eigenvalue weighted by Gasteiger charge is 2.15. The first-order valence-corrected chi connectivity index (χ1v) is 8.66. The number of nitrogens with one attached hydrogen (secondary N) is 1. The quantitative estimate of drug-likeness (QED) is 0.911. The van der Waals surface area contributed by atoms with Crippen molar-refractivity contribution in [2.75, 3.05) is 23.3 Å². The van der Waals surface area contributed by atoms with Crippen molar-refractivity contribution in [3.05, 3.63) is 46.9 Å². The van der Waals surface area contributed by atoms with Crippen LogP contribution in [0.15, 0.2) is 30.6 Å². The molecule has 0 saturated carbocycles. The summed E-state index contributed by atoms with van der Waals surface area (Å²) < 4.78 is 0. The minimum absolute atomic E-state index is 0.251. The Hall–Kier alpha value is -2.14. The molecule has 1 aliphatic rings. The Kier molecular flexibility index (Phi) is 5.30. The smallest absolute Gasteiger partial charge is 0.274 e. The van der Waals surface area contributed by atoms with E-state index in [9.17, 15) is 4.79 Å². The molecule has 1 N–H and O–H groups in total. The van der Waals surface area contributed by atoms with E-state index >= 15 is 0 Å². The molecule has 0 aliphatic carbocycles. The van der Waals surface area contributed by atoms with Crippen molar-refractivity contribution < 1.29 is 4.79 Å². The van der Waals surface area contributed by atoms with Crippen LogP contribution in [-0.2, 0) is 0 Å². The van der Waals surface area contributed by atoms with Gasteiger partial charge in [-0.05, 0) is 37.5 Å². The van der Waals surface area contributed by atoms with Gasteiger partial charge < -0.3 is 10.2 Å². The summed E-state index contributed by atoms with van der Waals surface area (Å²) in [6.07, 6.45) is 6.28. The highest BCUT2D eigenvalue weighted by atomic mass is 35.5. The lowest BCUT2D eigenvalue weighted by Crippen LogP contribution is -2.25.